The molecule has 26 heavy (non-hydrogen) atoms. The fourth-order valence-corrected chi connectivity index (χ4v) is 4.07. The number of benzene rings is 1. The van der Waals surface area contributed by atoms with E-state index in [-0.39, 0.29) is 6.10 Å². The zero-order chi connectivity index (χ0) is 18.1. The van der Waals surface area contributed by atoms with Gasteiger partial charge in [0.1, 0.15) is 11.9 Å². The average molecular weight is 356 g/mol. The number of ether oxygens (including phenoxy) is 2. The van der Waals surface area contributed by atoms with E-state index in [0.29, 0.717) is 41.5 Å². The van der Waals surface area contributed by atoms with Gasteiger partial charge in [-0.05, 0) is 42.9 Å². The molecule has 2 heterocycles. The maximum atomic E-state index is 10.6. The van der Waals surface area contributed by atoms with Gasteiger partial charge in [-0.2, -0.15) is 4.98 Å². The molecule has 138 valence electrons. The van der Waals surface area contributed by atoms with Crippen LogP contribution in [0.5, 0.6) is 11.5 Å². The van der Waals surface area contributed by atoms with Gasteiger partial charge in [-0.3, -0.25) is 0 Å². The van der Waals surface area contributed by atoms with E-state index < -0.39 is 6.10 Å². The summed E-state index contributed by atoms with van der Waals surface area (Å²) < 4.78 is 11.5. The van der Waals surface area contributed by atoms with E-state index in [4.69, 9.17) is 15.2 Å². The highest BCUT2D eigenvalue weighted by molar-refractivity contribution is 5.40. The van der Waals surface area contributed by atoms with Crippen molar-refractivity contribution in [2.75, 3.05) is 30.8 Å². The van der Waals surface area contributed by atoms with Crippen LogP contribution >= 0.6 is 0 Å². The van der Waals surface area contributed by atoms with Gasteiger partial charge in [0.25, 0.3) is 0 Å². The minimum Gasteiger partial charge on any atom is -0.493 e. The van der Waals surface area contributed by atoms with Crippen LogP contribution in [0.3, 0.4) is 0 Å². The van der Waals surface area contributed by atoms with Gasteiger partial charge in [-0.1, -0.05) is 12.1 Å². The smallest absolute Gasteiger partial charge is 0.227 e. The minimum absolute atomic E-state index is 0.241. The lowest BCUT2D eigenvalue weighted by Crippen LogP contribution is -2.42. The Morgan fingerprint density at radius 2 is 1.85 bits per heavy atom. The van der Waals surface area contributed by atoms with Crippen LogP contribution < -0.4 is 20.1 Å². The fraction of sp³-hybridized carbons (Fsp3) is 0.474. The zero-order valence-electron chi connectivity index (χ0n) is 14.8. The summed E-state index contributed by atoms with van der Waals surface area (Å²) in [5, 5.41) is 10.6. The number of nitrogens with two attached hydrogens (primary N) is 1. The highest BCUT2D eigenvalue weighted by Gasteiger charge is 2.43. The van der Waals surface area contributed by atoms with Crippen molar-refractivity contribution in [2.24, 2.45) is 11.8 Å². The quantitative estimate of drug-likeness (QED) is 0.861. The molecule has 1 saturated carbocycles. The maximum absolute atomic E-state index is 10.6. The lowest BCUT2D eigenvalue weighted by Gasteiger charge is -2.35. The molecule has 7 heteroatoms. The van der Waals surface area contributed by atoms with Gasteiger partial charge in [0.15, 0.2) is 11.5 Å². The molecular formula is C19H24N4O3. The van der Waals surface area contributed by atoms with Crippen LogP contribution in [0.15, 0.2) is 36.5 Å². The molecule has 4 rings (SSSR count). The number of aliphatic hydroxyl groups is 1. The third kappa shape index (κ3) is 3.26. The van der Waals surface area contributed by atoms with Gasteiger partial charge in [0.2, 0.25) is 5.95 Å². The summed E-state index contributed by atoms with van der Waals surface area (Å²) in [6.07, 6.45) is 2.45. The summed E-state index contributed by atoms with van der Waals surface area (Å²) in [5.74, 6) is 3.34. The Bertz CT molecular complexity index is 772. The molecule has 1 saturated heterocycles. The first-order valence-corrected chi connectivity index (χ1v) is 8.95. The second-order valence-electron chi connectivity index (χ2n) is 7.05. The number of aromatic nitrogens is 2. The van der Waals surface area contributed by atoms with Crippen molar-refractivity contribution in [1.82, 2.24) is 9.97 Å². The Kier molecular flexibility index (Phi) is 4.55. The second kappa shape index (κ2) is 6.99. The largest absolute Gasteiger partial charge is 0.493 e. The highest BCUT2D eigenvalue weighted by Crippen LogP contribution is 2.40. The zero-order valence-corrected chi connectivity index (χ0v) is 14.8. The molecular weight excluding hydrogens is 332 g/mol. The molecule has 1 aromatic carbocycles. The molecule has 0 spiro atoms. The van der Waals surface area contributed by atoms with Crippen LogP contribution in [0.1, 0.15) is 12.8 Å². The van der Waals surface area contributed by atoms with E-state index in [1.54, 1.807) is 19.4 Å². The molecule has 2 fully saturated rings. The van der Waals surface area contributed by atoms with Crippen LogP contribution in [0.25, 0.3) is 0 Å². The summed E-state index contributed by atoms with van der Waals surface area (Å²) in [4.78, 5) is 10.8. The number of methoxy groups -OCH3 is 1. The SMILES string of the molecule is COc1ccccc1O[C@@H]1C[C@@H]2CN(c3nccc(N)n3)C[C@@H]2C[C@H]1O. The van der Waals surface area contributed by atoms with Crippen LogP contribution in [-0.4, -0.2) is 47.5 Å². The first-order chi connectivity index (χ1) is 12.6. The predicted molar refractivity (Wildman–Crippen MR) is 98.3 cm³/mol. The van der Waals surface area contributed by atoms with Crippen molar-refractivity contribution >= 4 is 11.8 Å². The van der Waals surface area contributed by atoms with E-state index in [2.05, 4.69) is 14.9 Å². The Morgan fingerprint density at radius 1 is 1.12 bits per heavy atom. The molecule has 4 atom stereocenters. The average Bonchev–Trinajstić information content (AvgIpc) is 3.05. The standard InChI is InChI=1S/C19H24N4O3/c1-25-15-4-2-3-5-16(15)26-17-9-13-11-23(10-12(13)8-14(17)24)19-21-7-6-18(20)22-19/h2-7,12-14,17,24H,8-11H2,1H3,(H2,20,21,22)/t12-,13+,14+,17+/m0/s1. The molecule has 0 bridgehead atoms. The lowest BCUT2D eigenvalue weighted by atomic mass is 9.78. The fourth-order valence-electron chi connectivity index (χ4n) is 4.07. The molecule has 0 amide bonds. The van der Waals surface area contributed by atoms with Crippen molar-refractivity contribution < 1.29 is 14.6 Å². The Labute approximate surface area is 152 Å². The summed E-state index contributed by atoms with van der Waals surface area (Å²) in [7, 11) is 1.62. The third-order valence-electron chi connectivity index (χ3n) is 5.38. The van der Waals surface area contributed by atoms with Crippen LogP contribution in [0.4, 0.5) is 11.8 Å². The second-order valence-corrected chi connectivity index (χ2v) is 7.05. The number of aliphatic hydroxyl groups excluding tert-OH is 1. The molecule has 1 aliphatic heterocycles. The van der Waals surface area contributed by atoms with Crippen LogP contribution in [0, 0.1) is 11.8 Å². The van der Waals surface area contributed by atoms with Crippen molar-refractivity contribution in [2.45, 2.75) is 25.0 Å². The summed E-state index contributed by atoms with van der Waals surface area (Å²) in [6.45, 7) is 1.69. The van der Waals surface area contributed by atoms with E-state index >= 15 is 0 Å². The molecule has 0 radical (unpaired) electrons. The number of hydrogen-bond acceptors (Lipinski definition) is 7. The number of para-hydroxylation sites is 2. The summed E-state index contributed by atoms with van der Waals surface area (Å²) in [6, 6.07) is 9.23. The maximum Gasteiger partial charge on any atom is 0.227 e. The molecule has 1 aromatic heterocycles. The number of nitrogen functional groups attached to an aromatic ring is 1. The van der Waals surface area contributed by atoms with E-state index in [9.17, 15) is 5.11 Å². The summed E-state index contributed by atoms with van der Waals surface area (Å²) in [5.41, 5.74) is 5.78. The van der Waals surface area contributed by atoms with Gasteiger partial charge in [0, 0.05) is 19.3 Å². The predicted octanol–water partition coefficient (Wildman–Crippen LogP) is 1.72. The molecule has 7 nitrogen and oxygen atoms in total. The topological polar surface area (TPSA) is 93.7 Å². The van der Waals surface area contributed by atoms with Gasteiger partial charge >= 0.3 is 0 Å². The molecule has 2 aromatic rings. The van der Waals surface area contributed by atoms with Crippen molar-refractivity contribution in [3.63, 3.8) is 0 Å². The van der Waals surface area contributed by atoms with Crippen molar-refractivity contribution in [1.29, 1.82) is 0 Å². The van der Waals surface area contributed by atoms with Crippen LogP contribution in [-0.2, 0) is 0 Å². The first-order valence-electron chi connectivity index (χ1n) is 8.95. The Hall–Kier alpha value is -2.54. The number of nitrogens with zero attached hydrogens (tertiary/aromatic N) is 3. The molecule has 2 aliphatic rings. The van der Waals surface area contributed by atoms with Gasteiger partial charge in [0.05, 0.1) is 13.2 Å². The Morgan fingerprint density at radius 3 is 2.58 bits per heavy atom. The third-order valence-corrected chi connectivity index (χ3v) is 5.38. The minimum atomic E-state index is -0.497. The summed E-state index contributed by atoms with van der Waals surface area (Å²) >= 11 is 0. The molecule has 0 unspecified atom stereocenters. The van der Waals surface area contributed by atoms with E-state index in [1.807, 2.05) is 24.3 Å². The van der Waals surface area contributed by atoms with Crippen molar-refractivity contribution in [3.05, 3.63) is 36.5 Å². The van der Waals surface area contributed by atoms with Gasteiger partial charge in [-0.15, -0.1) is 0 Å². The Balaban J connectivity index is 1.46. The molecule has 1 aliphatic carbocycles. The van der Waals surface area contributed by atoms with Crippen molar-refractivity contribution in [3.8, 4) is 11.5 Å². The number of fused-ring (bicyclic) bond motifs is 1. The van der Waals surface area contributed by atoms with E-state index in [1.165, 1.54) is 0 Å². The monoisotopic (exact) mass is 356 g/mol. The van der Waals surface area contributed by atoms with Crippen LogP contribution in [0.2, 0.25) is 0 Å². The number of rotatable bonds is 4. The van der Waals surface area contributed by atoms with Gasteiger partial charge < -0.3 is 25.2 Å². The first kappa shape index (κ1) is 16.9. The van der Waals surface area contributed by atoms with E-state index in [0.717, 1.165) is 19.5 Å². The normalized spacial score (nSPS) is 27.8. The van der Waals surface area contributed by atoms with Gasteiger partial charge in [-0.25, -0.2) is 4.98 Å². The molecule has 3 N–H and O–H groups in total. The number of anilines is 2. The number of hydrogen-bond donors (Lipinski definition) is 2. The highest BCUT2D eigenvalue weighted by atomic mass is 16.5. The lowest BCUT2D eigenvalue weighted by molar-refractivity contribution is -0.0240.